The van der Waals surface area contributed by atoms with Gasteiger partial charge in [0, 0.05) is 43.6 Å². The van der Waals surface area contributed by atoms with Crippen molar-refractivity contribution in [1.29, 1.82) is 0 Å². The van der Waals surface area contributed by atoms with Crippen molar-refractivity contribution in [2.24, 2.45) is 0 Å². The summed E-state index contributed by atoms with van der Waals surface area (Å²) in [6.45, 7) is 7.03. The number of nitrogens with zero attached hydrogens (tertiary/aromatic N) is 2. The van der Waals surface area contributed by atoms with Gasteiger partial charge in [-0.3, -0.25) is 10.3 Å². The van der Waals surface area contributed by atoms with Gasteiger partial charge < -0.3 is 20.1 Å². The molecule has 2 rings (SSSR count). The van der Waals surface area contributed by atoms with Crippen molar-refractivity contribution in [3.63, 3.8) is 0 Å². The van der Waals surface area contributed by atoms with E-state index in [9.17, 15) is 9.59 Å². The zero-order chi connectivity index (χ0) is 18.4. The van der Waals surface area contributed by atoms with E-state index in [0.29, 0.717) is 25.3 Å². The van der Waals surface area contributed by atoms with Crippen LogP contribution < -0.4 is 10.6 Å². The lowest BCUT2D eigenvalue weighted by Gasteiger charge is -2.30. The number of hydrogen-bond acceptors (Lipinski definition) is 5. The van der Waals surface area contributed by atoms with Gasteiger partial charge in [0.15, 0.2) is 0 Å². The van der Waals surface area contributed by atoms with Crippen molar-refractivity contribution < 1.29 is 19.4 Å². The van der Waals surface area contributed by atoms with E-state index in [1.165, 1.54) is 4.90 Å². The zero-order valence-electron chi connectivity index (χ0n) is 14.9. The Morgan fingerprint density at radius 2 is 2.04 bits per heavy atom. The molecule has 0 aromatic carbocycles. The van der Waals surface area contributed by atoms with Gasteiger partial charge in [-0.1, -0.05) is 0 Å². The van der Waals surface area contributed by atoms with Crippen LogP contribution in [0.2, 0.25) is 0 Å². The maximum atomic E-state index is 12.0. The largest absolute Gasteiger partial charge is 0.465 e. The van der Waals surface area contributed by atoms with Crippen molar-refractivity contribution in [3.05, 3.63) is 24.0 Å². The Bertz CT molecular complexity index is 607. The fourth-order valence-corrected chi connectivity index (χ4v) is 2.63. The summed E-state index contributed by atoms with van der Waals surface area (Å²) in [6, 6.07) is 1.97. The van der Waals surface area contributed by atoms with E-state index in [1.54, 1.807) is 18.5 Å². The summed E-state index contributed by atoms with van der Waals surface area (Å²) >= 11 is 0. The first-order valence-electron chi connectivity index (χ1n) is 8.39. The molecule has 0 unspecified atom stereocenters. The Morgan fingerprint density at radius 1 is 1.36 bits per heavy atom. The lowest BCUT2D eigenvalue weighted by Crippen LogP contribution is -2.44. The van der Waals surface area contributed by atoms with Gasteiger partial charge >= 0.3 is 12.2 Å². The average Bonchev–Trinajstić information content (AvgIpc) is 2.52. The minimum absolute atomic E-state index is 0.241. The van der Waals surface area contributed by atoms with Crippen LogP contribution >= 0.6 is 0 Å². The van der Waals surface area contributed by atoms with Gasteiger partial charge in [-0.2, -0.15) is 0 Å². The second-order valence-electron chi connectivity index (χ2n) is 7.08. The summed E-state index contributed by atoms with van der Waals surface area (Å²) in [5.74, 6) is 0. The van der Waals surface area contributed by atoms with Gasteiger partial charge in [0.2, 0.25) is 0 Å². The van der Waals surface area contributed by atoms with Gasteiger partial charge in [-0.25, -0.2) is 9.59 Å². The third kappa shape index (κ3) is 6.22. The lowest BCUT2D eigenvalue weighted by atomic mass is 10.0. The highest BCUT2D eigenvalue weighted by Crippen LogP contribution is 2.17. The number of anilines is 1. The van der Waals surface area contributed by atoms with Gasteiger partial charge in [-0.15, -0.1) is 0 Å². The zero-order valence-corrected chi connectivity index (χ0v) is 14.9. The number of carbonyl (C=O) groups excluding carboxylic acids is 1. The predicted octanol–water partition coefficient (Wildman–Crippen LogP) is 2.66. The molecule has 138 valence electrons. The van der Waals surface area contributed by atoms with Crippen LogP contribution in [-0.2, 0) is 11.3 Å². The van der Waals surface area contributed by atoms with Crippen molar-refractivity contribution in [2.75, 3.05) is 18.4 Å². The van der Waals surface area contributed by atoms with Crippen molar-refractivity contribution >= 4 is 17.9 Å². The average molecular weight is 350 g/mol. The molecule has 1 aliphatic rings. The maximum absolute atomic E-state index is 12.0. The van der Waals surface area contributed by atoms with E-state index < -0.39 is 17.8 Å². The fourth-order valence-electron chi connectivity index (χ4n) is 2.63. The quantitative estimate of drug-likeness (QED) is 0.771. The molecular weight excluding hydrogens is 324 g/mol. The highest BCUT2D eigenvalue weighted by atomic mass is 16.6. The molecule has 1 aromatic rings. The number of carbonyl (C=O) groups is 2. The van der Waals surface area contributed by atoms with Crippen LogP contribution in [0.25, 0.3) is 0 Å². The third-order valence-corrected chi connectivity index (χ3v) is 3.89. The molecule has 25 heavy (non-hydrogen) atoms. The summed E-state index contributed by atoms with van der Waals surface area (Å²) in [5, 5.41) is 15.1. The van der Waals surface area contributed by atoms with Crippen LogP contribution in [0.4, 0.5) is 15.3 Å². The molecule has 0 spiro atoms. The Labute approximate surface area is 147 Å². The van der Waals surface area contributed by atoms with Crippen molar-refractivity contribution in [1.82, 2.24) is 15.2 Å². The summed E-state index contributed by atoms with van der Waals surface area (Å²) < 4.78 is 5.27. The molecule has 0 atom stereocenters. The molecule has 1 fully saturated rings. The molecule has 1 aromatic heterocycles. The summed E-state index contributed by atoms with van der Waals surface area (Å²) in [7, 11) is 0. The van der Waals surface area contributed by atoms with Crippen molar-refractivity contribution in [3.8, 4) is 0 Å². The first kappa shape index (κ1) is 19.0. The van der Waals surface area contributed by atoms with Crippen LogP contribution in [0.1, 0.15) is 39.2 Å². The number of piperidine rings is 1. The molecule has 8 heteroatoms. The predicted molar refractivity (Wildman–Crippen MR) is 93.6 cm³/mol. The molecule has 2 heterocycles. The van der Waals surface area contributed by atoms with Crippen LogP contribution in [0.15, 0.2) is 18.5 Å². The first-order valence-corrected chi connectivity index (χ1v) is 8.39. The maximum Gasteiger partial charge on any atom is 0.412 e. The Hall–Kier alpha value is -2.35. The van der Waals surface area contributed by atoms with Gasteiger partial charge in [0.25, 0.3) is 0 Å². The molecule has 0 radical (unpaired) electrons. The van der Waals surface area contributed by atoms with Crippen LogP contribution in [0, 0.1) is 0 Å². The van der Waals surface area contributed by atoms with E-state index in [1.807, 2.05) is 20.8 Å². The minimum Gasteiger partial charge on any atom is -0.465 e. The number of aromatic nitrogens is 1. The Balaban J connectivity index is 1.88. The highest BCUT2D eigenvalue weighted by molar-refractivity contribution is 5.85. The molecule has 8 nitrogen and oxygen atoms in total. The topological polar surface area (TPSA) is 104 Å². The van der Waals surface area contributed by atoms with E-state index in [-0.39, 0.29) is 6.04 Å². The SMILES string of the molecule is CC(C)(C)OC(=O)Nc1ccncc1CNC1CCN(C(=O)O)CC1. The summed E-state index contributed by atoms with van der Waals surface area (Å²) in [5.41, 5.74) is 0.946. The van der Waals surface area contributed by atoms with Crippen LogP contribution in [-0.4, -0.2) is 51.9 Å². The first-order chi connectivity index (χ1) is 11.7. The van der Waals surface area contributed by atoms with Gasteiger partial charge in [0.1, 0.15) is 5.60 Å². The number of amides is 2. The molecule has 1 saturated heterocycles. The van der Waals surface area contributed by atoms with Gasteiger partial charge in [-0.05, 0) is 39.7 Å². The normalized spacial score (nSPS) is 15.7. The number of pyridine rings is 1. The standard InChI is InChI=1S/C17H26N4O4/c1-17(2,3)25-15(22)20-14-4-7-18-10-12(14)11-19-13-5-8-21(9-6-13)16(23)24/h4,7,10,13,19H,5-6,8-9,11H2,1-3H3,(H,23,24)(H,18,20,22). The fraction of sp³-hybridized carbons (Fsp3) is 0.588. The molecule has 0 bridgehead atoms. The van der Waals surface area contributed by atoms with E-state index in [2.05, 4.69) is 15.6 Å². The molecular formula is C17H26N4O4. The molecule has 2 amide bonds. The second-order valence-corrected chi connectivity index (χ2v) is 7.08. The molecule has 0 saturated carbocycles. The molecule has 0 aliphatic carbocycles. The Morgan fingerprint density at radius 3 is 2.64 bits per heavy atom. The smallest absolute Gasteiger partial charge is 0.412 e. The summed E-state index contributed by atoms with van der Waals surface area (Å²) in [6.07, 6.45) is 3.47. The summed E-state index contributed by atoms with van der Waals surface area (Å²) in [4.78, 5) is 28.4. The monoisotopic (exact) mass is 350 g/mol. The Kier molecular flexibility index (Phi) is 6.19. The number of rotatable bonds is 4. The van der Waals surface area contributed by atoms with Gasteiger partial charge in [0.05, 0.1) is 5.69 Å². The second kappa shape index (κ2) is 8.15. The lowest BCUT2D eigenvalue weighted by molar-refractivity contribution is 0.0635. The number of ether oxygens (including phenoxy) is 1. The number of carboxylic acid groups (broad SMARTS) is 1. The number of nitrogens with one attached hydrogen (secondary N) is 2. The minimum atomic E-state index is -0.866. The number of likely N-dealkylation sites (tertiary alicyclic amines) is 1. The number of hydrogen-bond donors (Lipinski definition) is 3. The van der Waals surface area contributed by atoms with E-state index >= 15 is 0 Å². The van der Waals surface area contributed by atoms with Crippen LogP contribution in [0.3, 0.4) is 0 Å². The molecule has 3 N–H and O–H groups in total. The van der Waals surface area contributed by atoms with E-state index in [4.69, 9.17) is 9.84 Å². The van der Waals surface area contributed by atoms with E-state index in [0.717, 1.165) is 18.4 Å². The molecule has 1 aliphatic heterocycles. The highest BCUT2D eigenvalue weighted by Gasteiger charge is 2.22. The third-order valence-electron chi connectivity index (χ3n) is 3.89. The van der Waals surface area contributed by atoms with Crippen LogP contribution in [0.5, 0.6) is 0 Å². The van der Waals surface area contributed by atoms with Crippen molar-refractivity contribution in [2.45, 2.75) is 51.8 Å².